The summed E-state index contributed by atoms with van der Waals surface area (Å²) < 4.78 is 0. The van der Waals surface area contributed by atoms with Gasteiger partial charge in [0.2, 0.25) is 0 Å². The Balaban J connectivity index is 2.03. The van der Waals surface area contributed by atoms with Crippen molar-refractivity contribution in [1.82, 2.24) is 20.3 Å². The van der Waals surface area contributed by atoms with Crippen LogP contribution in [0.4, 0.5) is 0 Å². The van der Waals surface area contributed by atoms with Crippen LogP contribution in [-0.2, 0) is 4.94 Å². The third kappa shape index (κ3) is 5.40. The Morgan fingerprint density at radius 3 is 2.46 bits per heavy atom. The van der Waals surface area contributed by atoms with Crippen molar-refractivity contribution >= 4 is 0 Å². The summed E-state index contributed by atoms with van der Waals surface area (Å²) >= 11 is 0. The van der Waals surface area contributed by atoms with Gasteiger partial charge in [-0.3, -0.25) is 0 Å². The van der Waals surface area contributed by atoms with E-state index in [2.05, 4.69) is 61.7 Å². The molecule has 1 saturated heterocycles. The minimum Gasteiger partial charge on any atom is -0.398 e. The molecule has 2 unspecified atom stereocenters. The normalized spacial score (nSPS) is 20.0. The lowest BCUT2D eigenvalue weighted by molar-refractivity contribution is -0.160. The molecule has 0 aromatic heterocycles. The highest BCUT2D eigenvalue weighted by Crippen LogP contribution is 2.23. The molecular weight excluding hydrogens is 352 g/mol. The number of rotatable bonds is 8. The van der Waals surface area contributed by atoms with Gasteiger partial charge in [-0.25, -0.2) is 10.5 Å². The highest BCUT2D eigenvalue weighted by molar-refractivity contribution is 5.27. The fraction of sp³-hybridized carbons (Fsp3) is 0.667. The highest BCUT2D eigenvalue weighted by Gasteiger charge is 2.28. The first-order chi connectivity index (χ1) is 13.4. The fourth-order valence-electron chi connectivity index (χ4n) is 3.33. The Labute approximate surface area is 170 Å². The third-order valence-electron chi connectivity index (χ3n) is 5.66. The van der Waals surface area contributed by atoms with E-state index in [4.69, 9.17) is 16.4 Å². The lowest BCUT2D eigenvalue weighted by Crippen LogP contribution is -2.47. The Morgan fingerprint density at radius 1 is 1.21 bits per heavy atom. The Kier molecular flexibility index (Phi) is 8.15. The molecule has 2 rings (SSSR count). The molecule has 0 aromatic carbocycles. The molecule has 0 amide bonds. The first kappa shape index (κ1) is 22.1. The molecule has 0 bridgehead atoms. The summed E-state index contributed by atoms with van der Waals surface area (Å²) in [5, 5.41) is 1.96. The van der Waals surface area contributed by atoms with E-state index in [9.17, 15) is 0 Å². The number of hydroxylamine groups is 3. The van der Waals surface area contributed by atoms with Crippen LogP contribution in [-0.4, -0.2) is 47.6 Å². The summed E-state index contributed by atoms with van der Waals surface area (Å²) in [6.07, 6.45) is 5.74. The maximum atomic E-state index is 6.35. The van der Waals surface area contributed by atoms with E-state index in [0.717, 1.165) is 68.5 Å². The molecule has 0 radical (unpaired) electrons. The molecule has 0 spiro atoms. The Bertz CT molecular complexity index is 641. The number of nitrogens with two attached hydrogens (primary N) is 2. The van der Waals surface area contributed by atoms with Crippen LogP contribution < -0.4 is 16.9 Å². The average Bonchev–Trinajstić information content (AvgIpc) is 3.06. The summed E-state index contributed by atoms with van der Waals surface area (Å²) in [6.45, 7) is 15.2. The van der Waals surface area contributed by atoms with Gasteiger partial charge in [0, 0.05) is 32.4 Å². The second-order valence-electron chi connectivity index (χ2n) is 7.84. The Morgan fingerprint density at radius 2 is 1.89 bits per heavy atom. The summed E-state index contributed by atoms with van der Waals surface area (Å²) in [7, 11) is 0. The van der Waals surface area contributed by atoms with Crippen molar-refractivity contribution in [2.24, 2.45) is 23.3 Å². The lowest BCUT2D eigenvalue weighted by atomic mass is 10.1. The summed E-state index contributed by atoms with van der Waals surface area (Å²) in [4.78, 5) is 10.3. The molecule has 2 aliphatic rings. The van der Waals surface area contributed by atoms with Crippen LogP contribution in [0.3, 0.4) is 0 Å². The topological polar surface area (TPSA) is 83.0 Å². The molecule has 5 N–H and O–H groups in total. The maximum Gasteiger partial charge on any atom is 0.150 e. The summed E-state index contributed by atoms with van der Waals surface area (Å²) in [6, 6.07) is 0. The van der Waals surface area contributed by atoms with E-state index in [-0.39, 0.29) is 0 Å². The van der Waals surface area contributed by atoms with E-state index in [1.54, 1.807) is 0 Å². The minimum atomic E-state index is 0.431. The smallest absolute Gasteiger partial charge is 0.150 e. The van der Waals surface area contributed by atoms with Crippen molar-refractivity contribution in [2.45, 2.75) is 47.5 Å². The molecule has 2 atom stereocenters. The minimum absolute atomic E-state index is 0.431. The molecule has 2 aliphatic heterocycles. The molecule has 2 heterocycles. The average molecular weight is 391 g/mol. The van der Waals surface area contributed by atoms with E-state index < -0.39 is 0 Å². The first-order valence-electron chi connectivity index (χ1n) is 10.5. The Hall–Kier alpha value is -2.24. The molecule has 28 heavy (non-hydrogen) atoms. The van der Waals surface area contributed by atoms with Crippen molar-refractivity contribution in [3.05, 3.63) is 40.9 Å². The molecule has 7 nitrogen and oxygen atoms in total. The van der Waals surface area contributed by atoms with Crippen LogP contribution in [0.5, 0.6) is 0 Å². The van der Waals surface area contributed by atoms with Gasteiger partial charge in [0.05, 0.1) is 17.9 Å². The number of hydrogen-bond acceptors (Lipinski definition) is 7. The van der Waals surface area contributed by atoms with Crippen LogP contribution in [0.1, 0.15) is 47.5 Å². The van der Waals surface area contributed by atoms with Crippen LogP contribution in [0.2, 0.25) is 0 Å². The van der Waals surface area contributed by atoms with Crippen molar-refractivity contribution in [1.29, 1.82) is 0 Å². The zero-order valence-electron chi connectivity index (χ0n) is 18.2. The van der Waals surface area contributed by atoms with Gasteiger partial charge >= 0.3 is 0 Å². The number of nitrogens with one attached hydrogen (secondary N) is 1. The van der Waals surface area contributed by atoms with Crippen LogP contribution in [0, 0.1) is 11.8 Å². The second-order valence-corrected chi connectivity index (χ2v) is 7.84. The monoisotopic (exact) mass is 390 g/mol. The van der Waals surface area contributed by atoms with Gasteiger partial charge in [-0.05, 0) is 18.8 Å². The molecule has 0 aliphatic carbocycles. The van der Waals surface area contributed by atoms with Crippen molar-refractivity contribution in [3.8, 4) is 0 Å². The number of piperazine rings is 1. The van der Waals surface area contributed by atoms with E-state index >= 15 is 0 Å². The molecule has 0 aromatic rings. The fourth-order valence-corrected chi connectivity index (χ4v) is 3.33. The molecular formula is C21H38N6O. The SMILES string of the molecule is CCC(C)/C=C(/N)C(=C=CN)N1CCN(C2=C(C)N(CC(C)CC)ON2)CC1. The van der Waals surface area contributed by atoms with Gasteiger partial charge in [0.15, 0.2) is 0 Å². The van der Waals surface area contributed by atoms with E-state index in [1.165, 1.54) is 6.20 Å². The predicted molar refractivity (Wildman–Crippen MR) is 114 cm³/mol. The largest absolute Gasteiger partial charge is 0.398 e. The third-order valence-corrected chi connectivity index (χ3v) is 5.66. The van der Waals surface area contributed by atoms with Crippen LogP contribution in [0.25, 0.3) is 0 Å². The number of allylic oxidation sites excluding steroid dienone is 2. The summed E-state index contributed by atoms with van der Waals surface area (Å²) in [5.74, 6) is 2.08. The highest BCUT2D eigenvalue weighted by atomic mass is 16.8. The van der Waals surface area contributed by atoms with E-state index in [1.807, 2.05) is 5.06 Å². The summed E-state index contributed by atoms with van der Waals surface area (Å²) in [5.41, 5.74) is 21.0. The van der Waals surface area contributed by atoms with Gasteiger partial charge in [-0.1, -0.05) is 52.3 Å². The molecule has 0 saturated carbocycles. The van der Waals surface area contributed by atoms with E-state index in [0.29, 0.717) is 11.8 Å². The van der Waals surface area contributed by atoms with Crippen molar-refractivity contribution in [2.75, 3.05) is 32.7 Å². The maximum absolute atomic E-state index is 6.35. The van der Waals surface area contributed by atoms with Crippen LogP contribution in [0.15, 0.2) is 40.9 Å². The van der Waals surface area contributed by atoms with Gasteiger partial charge in [0.1, 0.15) is 11.5 Å². The molecule has 7 heteroatoms. The van der Waals surface area contributed by atoms with Gasteiger partial charge < -0.3 is 21.3 Å². The second kappa shape index (κ2) is 10.3. The zero-order valence-corrected chi connectivity index (χ0v) is 18.2. The van der Waals surface area contributed by atoms with Crippen molar-refractivity contribution < 1.29 is 4.94 Å². The standard InChI is InChI=1S/C21H38N6O/c1-6-16(3)14-19(23)20(8-9-22)25-10-12-26(13-11-25)21-18(5)27(28-24-21)15-17(4)7-2/h9,14,16-17,24H,6-7,10-13,15,22-23H2,1-5H3/b19-14+. The van der Waals surface area contributed by atoms with Gasteiger partial charge in [0.25, 0.3) is 0 Å². The molecule has 158 valence electrons. The van der Waals surface area contributed by atoms with Gasteiger partial charge in [-0.2, -0.15) is 4.94 Å². The number of hydrogen-bond donors (Lipinski definition) is 3. The lowest BCUT2D eigenvalue weighted by Gasteiger charge is -2.38. The quantitative estimate of drug-likeness (QED) is 0.434. The van der Waals surface area contributed by atoms with Crippen LogP contribution >= 0.6 is 0 Å². The van der Waals surface area contributed by atoms with Gasteiger partial charge in [-0.15, -0.1) is 0 Å². The zero-order chi connectivity index (χ0) is 20.7. The molecule has 1 fully saturated rings. The first-order valence-corrected chi connectivity index (χ1v) is 10.5. The van der Waals surface area contributed by atoms with Crippen molar-refractivity contribution in [3.63, 3.8) is 0 Å². The number of nitrogens with zero attached hydrogens (tertiary/aromatic N) is 3. The predicted octanol–water partition coefficient (Wildman–Crippen LogP) is 2.43.